The maximum Gasteiger partial charge on any atom is 0.460 e. The van der Waals surface area contributed by atoms with Crippen LogP contribution < -0.4 is 0 Å². The summed E-state index contributed by atoms with van der Waals surface area (Å²) in [4.78, 5) is 0. The lowest BCUT2D eigenvalue weighted by Gasteiger charge is -2.42. The molecule has 0 aliphatic heterocycles. The summed E-state index contributed by atoms with van der Waals surface area (Å²) in [6, 6.07) is 0. The number of alkyl halides is 18. The summed E-state index contributed by atoms with van der Waals surface area (Å²) < 4.78 is 215. The van der Waals surface area contributed by atoms with Gasteiger partial charge in [-0.1, -0.05) is 0 Å². The van der Waals surface area contributed by atoms with Gasteiger partial charge in [0, 0.05) is 0 Å². The third-order valence-corrected chi connectivity index (χ3v) is 3.29. The molecule has 18 heteroatoms. The van der Waals surface area contributed by atoms with E-state index in [0.29, 0.717) is 0 Å². The molecule has 0 heterocycles. The Labute approximate surface area is 141 Å². The van der Waals surface area contributed by atoms with Crippen molar-refractivity contribution in [1.82, 2.24) is 0 Å². The highest BCUT2D eigenvalue weighted by atomic mass is 35.5. The molecular weight excluding hydrogens is 467 g/mol. The van der Waals surface area contributed by atoms with Crippen molar-refractivity contribution < 1.29 is 74.6 Å². The molecule has 0 saturated heterocycles. The highest BCUT2D eigenvalue weighted by molar-refractivity contribution is 6.18. The molecule has 0 bridgehead atoms. The van der Waals surface area contributed by atoms with Crippen molar-refractivity contribution in [3.63, 3.8) is 0 Å². The van der Waals surface area contributed by atoms with Gasteiger partial charge in [-0.25, -0.2) is 0 Å². The molecule has 0 N–H and O–H groups in total. The minimum absolute atomic E-state index is 2.98. The molecule has 0 nitrogen and oxygen atoms in total. The van der Waals surface area contributed by atoms with Crippen molar-refractivity contribution >= 4 is 11.6 Å². The summed E-state index contributed by atoms with van der Waals surface area (Å²) in [6.45, 7) is 0. The SMILES string of the molecule is FC(F)(F)C(F)(F)C(F)(F)C(F)(F)C(F)(F)C(F)(F)C(F)(F)C(F)(F)CCl. The lowest BCUT2D eigenvalue weighted by atomic mass is 9.89. The van der Waals surface area contributed by atoms with E-state index in [1.807, 2.05) is 0 Å². The second-order valence-electron chi connectivity index (χ2n) is 4.78. The predicted molar refractivity (Wildman–Crippen MR) is 51.4 cm³/mol. The van der Waals surface area contributed by atoms with Gasteiger partial charge in [0.2, 0.25) is 0 Å². The van der Waals surface area contributed by atoms with Gasteiger partial charge in [-0.3, -0.25) is 0 Å². The van der Waals surface area contributed by atoms with Gasteiger partial charge in [0.05, 0.1) is 5.88 Å². The van der Waals surface area contributed by atoms with Gasteiger partial charge in [-0.2, -0.15) is 74.6 Å². The molecule has 27 heavy (non-hydrogen) atoms. The van der Waals surface area contributed by atoms with Gasteiger partial charge >= 0.3 is 47.6 Å². The van der Waals surface area contributed by atoms with Gasteiger partial charge in [0.15, 0.2) is 0 Å². The molecule has 0 unspecified atom stereocenters. The largest absolute Gasteiger partial charge is 0.460 e. The molecule has 0 aromatic heterocycles. The lowest BCUT2D eigenvalue weighted by Crippen LogP contribution is -2.74. The first-order chi connectivity index (χ1) is 11.3. The summed E-state index contributed by atoms with van der Waals surface area (Å²) in [7, 11) is 0. The Morgan fingerprint density at radius 1 is 0.370 bits per heavy atom. The molecule has 0 aliphatic carbocycles. The van der Waals surface area contributed by atoms with Crippen molar-refractivity contribution in [1.29, 1.82) is 0 Å². The first-order valence-electron chi connectivity index (χ1n) is 5.58. The van der Waals surface area contributed by atoms with E-state index in [4.69, 9.17) is 0 Å². The molecule has 0 rings (SSSR count). The smallest absolute Gasteiger partial charge is 0.198 e. The standard InChI is InChI=1S/C9H2ClF17/c10-1-2(11,12)3(13,14)4(15,16)5(17,18)6(19,20)7(21,22)8(23,24)9(25,26)27/h1H2. The Kier molecular flexibility index (Phi) is 6.09. The molecule has 0 fully saturated rings. The topological polar surface area (TPSA) is 0 Å². The molecule has 164 valence electrons. The molecular formula is C9H2ClF17. The maximum atomic E-state index is 13.0. The van der Waals surface area contributed by atoms with Crippen LogP contribution >= 0.6 is 11.6 Å². The Morgan fingerprint density at radius 2 is 0.593 bits per heavy atom. The second-order valence-corrected chi connectivity index (χ2v) is 5.05. The van der Waals surface area contributed by atoms with E-state index in [2.05, 4.69) is 11.6 Å². The molecule has 0 saturated carbocycles. The fraction of sp³-hybridized carbons (Fsp3) is 1.00. The van der Waals surface area contributed by atoms with E-state index in [1.54, 1.807) is 0 Å². The predicted octanol–water partition coefficient (Wildman–Crippen LogP) is 6.23. The Bertz CT molecular complexity index is 543. The van der Waals surface area contributed by atoms with E-state index < -0.39 is 53.5 Å². The van der Waals surface area contributed by atoms with Crippen LogP contribution in [0.15, 0.2) is 0 Å². The van der Waals surface area contributed by atoms with Crippen LogP contribution in [0.3, 0.4) is 0 Å². The van der Waals surface area contributed by atoms with Crippen molar-refractivity contribution in [2.24, 2.45) is 0 Å². The molecule has 0 aromatic carbocycles. The van der Waals surface area contributed by atoms with Crippen LogP contribution in [0.4, 0.5) is 74.6 Å². The highest BCUT2D eigenvalue weighted by Crippen LogP contribution is 2.63. The van der Waals surface area contributed by atoms with Gasteiger partial charge in [-0.05, 0) is 0 Å². The minimum atomic E-state index is -8.60. The quantitative estimate of drug-likeness (QED) is 0.307. The summed E-state index contributed by atoms with van der Waals surface area (Å²) in [6.07, 6.45) is -7.76. The summed E-state index contributed by atoms with van der Waals surface area (Å²) in [5, 5.41) is 0. The van der Waals surface area contributed by atoms with Crippen molar-refractivity contribution in [2.45, 2.75) is 47.6 Å². The van der Waals surface area contributed by atoms with Crippen LogP contribution in [-0.2, 0) is 0 Å². The number of hydrogen-bond donors (Lipinski definition) is 0. The maximum absolute atomic E-state index is 13.0. The zero-order chi connectivity index (χ0) is 22.7. The highest BCUT2D eigenvalue weighted by Gasteiger charge is 2.95. The van der Waals surface area contributed by atoms with Gasteiger partial charge in [0.1, 0.15) is 0 Å². The van der Waals surface area contributed by atoms with Crippen molar-refractivity contribution in [2.75, 3.05) is 5.88 Å². The molecule has 0 aromatic rings. The zero-order valence-corrected chi connectivity index (χ0v) is 12.3. The Morgan fingerprint density at radius 3 is 0.815 bits per heavy atom. The fourth-order valence-electron chi connectivity index (χ4n) is 1.28. The number of hydrogen-bond acceptors (Lipinski definition) is 0. The molecule has 0 aliphatic rings. The third kappa shape index (κ3) is 3.16. The lowest BCUT2D eigenvalue weighted by molar-refractivity contribution is -0.460. The number of rotatable bonds is 7. The van der Waals surface area contributed by atoms with E-state index in [1.165, 1.54) is 0 Å². The van der Waals surface area contributed by atoms with Gasteiger partial charge < -0.3 is 0 Å². The van der Waals surface area contributed by atoms with Crippen LogP contribution in [0.5, 0.6) is 0 Å². The Balaban J connectivity index is 6.65. The first kappa shape index (κ1) is 26.1. The third-order valence-electron chi connectivity index (χ3n) is 2.95. The molecule has 0 amide bonds. The molecule has 0 radical (unpaired) electrons. The summed E-state index contributed by atoms with van der Waals surface area (Å²) >= 11 is 4.06. The summed E-state index contributed by atoms with van der Waals surface area (Å²) in [5.74, 6) is -59.2. The minimum Gasteiger partial charge on any atom is -0.198 e. The molecule has 0 atom stereocenters. The summed E-state index contributed by atoms with van der Waals surface area (Å²) in [5.41, 5.74) is 0. The average molecular weight is 469 g/mol. The van der Waals surface area contributed by atoms with Crippen LogP contribution in [0.25, 0.3) is 0 Å². The second kappa shape index (κ2) is 6.30. The van der Waals surface area contributed by atoms with E-state index >= 15 is 0 Å². The normalized spacial score (nSPS) is 16.7. The van der Waals surface area contributed by atoms with Crippen LogP contribution in [0.2, 0.25) is 0 Å². The first-order valence-corrected chi connectivity index (χ1v) is 6.12. The molecule has 0 spiro atoms. The monoisotopic (exact) mass is 468 g/mol. The van der Waals surface area contributed by atoms with Crippen molar-refractivity contribution in [3.8, 4) is 0 Å². The van der Waals surface area contributed by atoms with Crippen LogP contribution in [-0.4, -0.2) is 53.5 Å². The van der Waals surface area contributed by atoms with Crippen molar-refractivity contribution in [3.05, 3.63) is 0 Å². The van der Waals surface area contributed by atoms with E-state index in [0.717, 1.165) is 0 Å². The zero-order valence-electron chi connectivity index (χ0n) is 11.5. The fourth-order valence-corrected chi connectivity index (χ4v) is 1.45. The van der Waals surface area contributed by atoms with Gasteiger partial charge in [-0.15, -0.1) is 11.6 Å². The Hall–Kier alpha value is -0.900. The van der Waals surface area contributed by atoms with E-state index in [-0.39, 0.29) is 0 Å². The van der Waals surface area contributed by atoms with Gasteiger partial charge in [0.25, 0.3) is 0 Å². The number of halogens is 18. The average Bonchev–Trinajstić information content (AvgIpc) is 2.44. The van der Waals surface area contributed by atoms with Crippen LogP contribution in [0, 0.1) is 0 Å². The van der Waals surface area contributed by atoms with E-state index in [9.17, 15) is 74.6 Å². The van der Waals surface area contributed by atoms with Crippen LogP contribution in [0.1, 0.15) is 0 Å².